The minimum atomic E-state index is -0.398. The number of benzene rings is 1. The van der Waals surface area contributed by atoms with Crippen LogP contribution in [0.5, 0.6) is 0 Å². The fourth-order valence-corrected chi connectivity index (χ4v) is 3.41. The molecule has 2 aliphatic carbocycles. The van der Waals surface area contributed by atoms with E-state index in [0.717, 1.165) is 29.4 Å². The molecule has 0 radical (unpaired) electrons. The molecule has 0 spiro atoms. The van der Waals surface area contributed by atoms with E-state index in [2.05, 4.69) is 23.4 Å². The zero-order valence-electron chi connectivity index (χ0n) is 19.8. The van der Waals surface area contributed by atoms with Crippen molar-refractivity contribution in [3.8, 4) is 24.7 Å². The Kier molecular flexibility index (Phi) is 15.2. The van der Waals surface area contributed by atoms with E-state index >= 15 is 0 Å². The average molecular weight is 440 g/mol. The van der Waals surface area contributed by atoms with Gasteiger partial charge in [-0.2, -0.15) is 0 Å². The number of hydrogen-bond acceptors (Lipinski definition) is 3. The van der Waals surface area contributed by atoms with E-state index in [0.29, 0.717) is 18.1 Å². The molecule has 3 atom stereocenters. The highest BCUT2D eigenvalue weighted by atomic mass is 19.1. The lowest BCUT2D eigenvalue weighted by Gasteiger charge is -2.53. The number of terminal acetylenes is 2. The molecule has 0 aliphatic heterocycles. The highest BCUT2D eigenvalue weighted by molar-refractivity contribution is 6.50. The van der Waals surface area contributed by atoms with E-state index in [4.69, 9.17) is 18.0 Å². The summed E-state index contributed by atoms with van der Waals surface area (Å²) in [5, 5.41) is 8.00. The van der Waals surface area contributed by atoms with Crippen molar-refractivity contribution in [3.63, 3.8) is 0 Å². The summed E-state index contributed by atoms with van der Waals surface area (Å²) in [5.41, 5.74) is 2.27. The quantitative estimate of drug-likeness (QED) is 0.272. The Morgan fingerprint density at radius 2 is 1.91 bits per heavy atom. The van der Waals surface area contributed by atoms with Gasteiger partial charge in [-0.05, 0) is 74.5 Å². The summed E-state index contributed by atoms with van der Waals surface area (Å²) in [6.07, 6.45) is 18.4. The third-order valence-electron chi connectivity index (χ3n) is 5.36. The number of Topliss-reactive ketones (excluding diaryl/α,β-unsaturated/α-hetero) is 1. The van der Waals surface area contributed by atoms with Crippen molar-refractivity contribution < 1.29 is 15.7 Å². The Hall–Kier alpha value is -2.95. The number of fused-ring (bicyclic) bond motifs is 1. The maximum atomic E-state index is 12.1. The smallest absolute Gasteiger partial charge is 0.253 e. The van der Waals surface area contributed by atoms with Gasteiger partial charge in [0, 0.05) is 20.7 Å². The number of nitrogens with zero attached hydrogens (tertiary/aromatic N) is 1. The molecule has 0 aromatic heterocycles. The topological polar surface area (TPSA) is 49.7 Å². The molecule has 0 heterocycles. The molecule has 3 rings (SSSR count). The number of carbonyl (C=O) groups excluding carboxylic acids is 1. The SMILES string of the molecule is C#CC(=O)C(/C=C(\C#C)C1C[C@H]2CC[C@@H]12)=NC.C=CCCO.CC.Cc1ccc(F)cc1.[HH]. The molecule has 174 valence electrons. The van der Waals surface area contributed by atoms with Crippen LogP contribution < -0.4 is 0 Å². The van der Waals surface area contributed by atoms with E-state index in [1.165, 1.54) is 25.0 Å². The van der Waals surface area contributed by atoms with Crippen LogP contribution in [0.15, 0.2) is 53.6 Å². The van der Waals surface area contributed by atoms with Crippen molar-refractivity contribution in [2.45, 2.75) is 46.5 Å². The van der Waals surface area contributed by atoms with E-state index < -0.39 is 5.78 Å². The summed E-state index contributed by atoms with van der Waals surface area (Å²) in [6.45, 7) is 9.55. The lowest BCUT2D eigenvalue weighted by atomic mass is 9.51. The summed E-state index contributed by atoms with van der Waals surface area (Å²) in [4.78, 5) is 15.3. The van der Waals surface area contributed by atoms with Crippen molar-refractivity contribution in [2.24, 2.45) is 22.7 Å². The Labute approximate surface area is 195 Å². The monoisotopic (exact) mass is 439 g/mol. The molecule has 1 unspecified atom stereocenters. The molecule has 1 N–H and O–H groups in total. The highest BCUT2D eigenvalue weighted by Crippen LogP contribution is 2.56. The number of halogens is 1. The summed E-state index contributed by atoms with van der Waals surface area (Å²) >= 11 is 0. The molecule has 4 heteroatoms. The Balaban J connectivity index is 0. The third-order valence-corrected chi connectivity index (χ3v) is 5.36. The lowest BCUT2D eigenvalue weighted by Crippen LogP contribution is -2.45. The second-order valence-electron chi connectivity index (χ2n) is 7.27. The Morgan fingerprint density at radius 1 is 1.28 bits per heavy atom. The maximum absolute atomic E-state index is 12.1. The molecular formula is C28H38FNO2. The standard InChI is InChI=1S/C15H15NO.C7H7F.C4H8O.C2H6.H2/c1-4-10(9-14(16-3)15(17)5-2)13-8-11-6-7-12(11)13;1-6-2-4-7(8)5-3-6;1-2-3-4-5;1-2;/h1-2,9,11-13H,6-8H2,3H3;2-5H,1H3;2,5H,1,3-4H2;1-2H3;1H/b10-9+,16-14?;;;;/t11-,12-,13?;;;;/m1..../s1. The number of aliphatic imine (C=N–C) groups is 1. The first-order valence-electron chi connectivity index (χ1n) is 11.0. The van der Waals surface area contributed by atoms with Gasteiger partial charge in [0.15, 0.2) is 0 Å². The predicted molar refractivity (Wildman–Crippen MR) is 135 cm³/mol. The number of rotatable bonds is 5. The summed E-state index contributed by atoms with van der Waals surface area (Å²) in [6, 6.07) is 6.40. The fourth-order valence-electron chi connectivity index (χ4n) is 3.41. The van der Waals surface area contributed by atoms with Gasteiger partial charge in [0.25, 0.3) is 5.78 Å². The van der Waals surface area contributed by atoms with E-state index in [9.17, 15) is 9.18 Å². The largest absolute Gasteiger partial charge is 0.396 e. The van der Waals surface area contributed by atoms with Gasteiger partial charge >= 0.3 is 0 Å². The highest BCUT2D eigenvalue weighted by Gasteiger charge is 2.48. The van der Waals surface area contributed by atoms with E-state index in [1.807, 2.05) is 20.8 Å². The molecule has 32 heavy (non-hydrogen) atoms. The minimum absolute atomic E-state index is 0. The summed E-state index contributed by atoms with van der Waals surface area (Å²) in [5.74, 6) is 6.24. The fraction of sp³-hybridized carbons (Fsp3) is 0.429. The molecule has 0 saturated heterocycles. The molecule has 2 fully saturated rings. The van der Waals surface area contributed by atoms with Crippen LogP contribution in [-0.4, -0.2) is 30.3 Å². The van der Waals surface area contributed by atoms with Crippen molar-refractivity contribution in [1.82, 2.24) is 0 Å². The first kappa shape index (κ1) is 29.1. The normalized spacial score (nSPS) is 20.3. The van der Waals surface area contributed by atoms with Gasteiger partial charge in [0.1, 0.15) is 11.5 Å². The van der Waals surface area contributed by atoms with Crippen LogP contribution in [0.4, 0.5) is 4.39 Å². The van der Waals surface area contributed by atoms with Crippen molar-refractivity contribution in [3.05, 3.63) is 60.0 Å². The first-order chi connectivity index (χ1) is 15.4. The Morgan fingerprint density at radius 3 is 2.19 bits per heavy atom. The number of aryl methyl sites for hydroxylation is 1. The number of aliphatic hydroxyl groups is 1. The second-order valence-corrected chi connectivity index (χ2v) is 7.27. The number of hydrogen-bond donors (Lipinski definition) is 1. The molecule has 0 bridgehead atoms. The molecule has 1 aromatic carbocycles. The second kappa shape index (κ2) is 16.7. The molecule has 3 nitrogen and oxygen atoms in total. The van der Waals surface area contributed by atoms with Crippen LogP contribution in [0.1, 0.15) is 46.5 Å². The van der Waals surface area contributed by atoms with Gasteiger partial charge in [0.05, 0.1) is 0 Å². The third kappa shape index (κ3) is 9.46. The van der Waals surface area contributed by atoms with Gasteiger partial charge in [-0.3, -0.25) is 9.79 Å². The Bertz CT molecular complexity index is 838. The van der Waals surface area contributed by atoms with Gasteiger partial charge in [-0.1, -0.05) is 43.5 Å². The van der Waals surface area contributed by atoms with Crippen LogP contribution in [0.25, 0.3) is 0 Å². The van der Waals surface area contributed by atoms with E-state index in [1.54, 1.807) is 31.3 Å². The maximum Gasteiger partial charge on any atom is 0.253 e. The number of allylic oxidation sites excluding steroid dienone is 2. The van der Waals surface area contributed by atoms with Crippen molar-refractivity contribution in [2.75, 3.05) is 13.7 Å². The van der Waals surface area contributed by atoms with Crippen LogP contribution in [-0.2, 0) is 4.79 Å². The number of ketones is 1. The zero-order valence-corrected chi connectivity index (χ0v) is 19.8. The molecule has 1 aromatic rings. The molecule has 2 aliphatic rings. The van der Waals surface area contributed by atoms with E-state index in [-0.39, 0.29) is 13.9 Å². The van der Waals surface area contributed by atoms with Gasteiger partial charge in [-0.15, -0.1) is 19.4 Å². The number of aliphatic hydroxyl groups excluding tert-OH is 1. The van der Waals surface area contributed by atoms with Crippen LogP contribution in [0, 0.1) is 55.2 Å². The van der Waals surface area contributed by atoms with Gasteiger partial charge in [0.2, 0.25) is 0 Å². The summed E-state index contributed by atoms with van der Waals surface area (Å²) < 4.78 is 12.1. The lowest BCUT2D eigenvalue weighted by molar-refractivity contribution is -0.108. The van der Waals surface area contributed by atoms with Crippen molar-refractivity contribution >= 4 is 11.5 Å². The molecular weight excluding hydrogens is 401 g/mol. The van der Waals surface area contributed by atoms with Crippen LogP contribution >= 0.6 is 0 Å². The summed E-state index contributed by atoms with van der Waals surface area (Å²) in [7, 11) is 1.56. The minimum Gasteiger partial charge on any atom is -0.396 e. The number of carbonyl (C=O) groups is 1. The van der Waals surface area contributed by atoms with Crippen LogP contribution in [0.3, 0.4) is 0 Å². The van der Waals surface area contributed by atoms with Crippen LogP contribution in [0.2, 0.25) is 0 Å². The first-order valence-corrected chi connectivity index (χ1v) is 11.0. The predicted octanol–water partition coefficient (Wildman–Crippen LogP) is 5.83. The van der Waals surface area contributed by atoms with Gasteiger partial charge < -0.3 is 5.11 Å². The van der Waals surface area contributed by atoms with Gasteiger partial charge in [-0.25, -0.2) is 4.39 Å². The molecule has 2 saturated carbocycles. The van der Waals surface area contributed by atoms with Crippen molar-refractivity contribution in [1.29, 1.82) is 0 Å². The zero-order chi connectivity index (χ0) is 24.5. The molecule has 0 amide bonds. The average Bonchev–Trinajstić information content (AvgIpc) is 2.81.